The molecule has 0 saturated heterocycles. The number of nitrogens with one attached hydrogen (secondary N) is 2. The number of aromatic nitrogens is 3. The van der Waals surface area contributed by atoms with Crippen molar-refractivity contribution in [1.82, 2.24) is 14.9 Å². The van der Waals surface area contributed by atoms with Gasteiger partial charge in [0, 0.05) is 21.2 Å². The number of hydrogen-bond acceptors (Lipinski definition) is 5. The van der Waals surface area contributed by atoms with Crippen molar-refractivity contribution in [2.24, 2.45) is 0 Å². The molecule has 0 spiro atoms. The number of rotatable bonds is 9. The normalized spacial score (nSPS) is 10.8. The molecule has 0 aliphatic heterocycles. The van der Waals surface area contributed by atoms with E-state index in [2.05, 4.69) is 15.6 Å². The number of halogens is 3. The molecule has 1 heterocycles. The van der Waals surface area contributed by atoms with Gasteiger partial charge in [-0.05, 0) is 49.0 Å². The number of benzene rings is 3. The van der Waals surface area contributed by atoms with Gasteiger partial charge in [-0.1, -0.05) is 71.2 Å². The van der Waals surface area contributed by atoms with E-state index in [4.69, 9.17) is 56.5 Å². The molecule has 0 aliphatic rings. The Kier molecular flexibility index (Phi) is 8.00. The van der Waals surface area contributed by atoms with Crippen LogP contribution in [0, 0.1) is 4.77 Å². The first-order valence-electron chi connectivity index (χ1n) is 10.4. The lowest BCUT2D eigenvalue weighted by Gasteiger charge is -2.17. The number of aromatic amines is 1. The zero-order valence-corrected chi connectivity index (χ0v) is 21.2. The highest BCUT2D eigenvalue weighted by Gasteiger charge is 2.15. The molecule has 0 unspecified atom stereocenters. The van der Waals surface area contributed by atoms with E-state index in [1.54, 1.807) is 16.8 Å². The highest BCUT2D eigenvalue weighted by molar-refractivity contribution is 7.71. The Bertz CT molecular complexity index is 1340. The molecule has 2 N–H and O–H groups in total. The standard InChI is InChI=1S/C24H21Cl3N4O2S/c1-2-32-21-11-15(10-20(27)22(21)33-14-17-8-9-18(25)12-19(17)26)13-28-31-23(29-30-24(31)34)16-6-4-3-5-7-16/h3-12,28H,2,13-14H2,1H3,(H,30,34). The largest absolute Gasteiger partial charge is 0.490 e. The smallest absolute Gasteiger partial charge is 0.214 e. The summed E-state index contributed by atoms with van der Waals surface area (Å²) >= 11 is 24.2. The molecular weight excluding hydrogens is 515 g/mol. The van der Waals surface area contributed by atoms with E-state index in [-0.39, 0.29) is 6.61 Å². The van der Waals surface area contributed by atoms with Crippen LogP contribution in [0.3, 0.4) is 0 Å². The molecule has 0 fully saturated rings. The highest BCUT2D eigenvalue weighted by atomic mass is 35.5. The zero-order chi connectivity index (χ0) is 24.1. The number of nitrogens with zero attached hydrogens (tertiary/aromatic N) is 2. The second-order valence-electron chi connectivity index (χ2n) is 7.25. The van der Waals surface area contributed by atoms with Crippen LogP contribution in [0.4, 0.5) is 0 Å². The summed E-state index contributed by atoms with van der Waals surface area (Å²) in [6, 6.07) is 18.7. The SMILES string of the molecule is CCOc1cc(CNn2c(-c3ccccc3)n[nH]c2=S)cc(Cl)c1OCc1ccc(Cl)cc1Cl. The van der Waals surface area contributed by atoms with Crippen molar-refractivity contribution in [2.75, 3.05) is 12.0 Å². The Morgan fingerprint density at radius 3 is 2.53 bits per heavy atom. The molecule has 0 bridgehead atoms. The van der Waals surface area contributed by atoms with Crippen LogP contribution in [0.15, 0.2) is 60.7 Å². The summed E-state index contributed by atoms with van der Waals surface area (Å²) in [7, 11) is 0. The van der Waals surface area contributed by atoms with Crippen LogP contribution in [0.5, 0.6) is 11.5 Å². The fourth-order valence-corrected chi connectivity index (χ4v) is 4.26. The van der Waals surface area contributed by atoms with Crippen molar-refractivity contribution in [3.63, 3.8) is 0 Å². The van der Waals surface area contributed by atoms with Gasteiger partial charge in [-0.2, -0.15) is 5.10 Å². The van der Waals surface area contributed by atoms with E-state index >= 15 is 0 Å². The summed E-state index contributed by atoms with van der Waals surface area (Å²) < 4.78 is 14.0. The molecule has 4 rings (SSSR count). The molecule has 0 radical (unpaired) electrons. The van der Waals surface area contributed by atoms with Crippen LogP contribution in [0.2, 0.25) is 15.1 Å². The van der Waals surface area contributed by atoms with Crippen LogP contribution < -0.4 is 14.9 Å². The molecule has 0 amide bonds. The number of hydrogen-bond donors (Lipinski definition) is 2. The summed E-state index contributed by atoms with van der Waals surface area (Å²) in [4.78, 5) is 0. The fraction of sp³-hybridized carbons (Fsp3) is 0.167. The van der Waals surface area contributed by atoms with Gasteiger partial charge in [0.25, 0.3) is 0 Å². The molecule has 6 nitrogen and oxygen atoms in total. The monoisotopic (exact) mass is 534 g/mol. The lowest BCUT2D eigenvalue weighted by molar-refractivity contribution is 0.269. The van der Waals surface area contributed by atoms with E-state index in [0.29, 0.717) is 50.3 Å². The summed E-state index contributed by atoms with van der Waals surface area (Å²) in [6.07, 6.45) is 0. The van der Waals surface area contributed by atoms with E-state index < -0.39 is 0 Å². The molecule has 176 valence electrons. The average Bonchev–Trinajstić information content (AvgIpc) is 3.19. The zero-order valence-electron chi connectivity index (χ0n) is 18.1. The Balaban J connectivity index is 1.54. The Morgan fingerprint density at radius 2 is 1.79 bits per heavy atom. The van der Waals surface area contributed by atoms with Crippen LogP contribution >= 0.6 is 47.0 Å². The van der Waals surface area contributed by atoms with Crippen LogP contribution in [0.1, 0.15) is 18.1 Å². The van der Waals surface area contributed by atoms with Gasteiger partial charge in [0.05, 0.1) is 18.2 Å². The van der Waals surface area contributed by atoms with E-state index in [0.717, 1.165) is 16.7 Å². The summed E-state index contributed by atoms with van der Waals surface area (Å²) in [5.74, 6) is 1.67. The van der Waals surface area contributed by atoms with Gasteiger partial charge in [0.2, 0.25) is 4.77 Å². The number of ether oxygens (including phenoxy) is 2. The summed E-state index contributed by atoms with van der Waals surface area (Å²) in [5.41, 5.74) is 5.90. The second kappa shape index (κ2) is 11.1. The van der Waals surface area contributed by atoms with Crippen LogP contribution in [0.25, 0.3) is 11.4 Å². The third-order valence-electron chi connectivity index (χ3n) is 4.90. The van der Waals surface area contributed by atoms with Crippen LogP contribution in [-0.2, 0) is 13.2 Å². The maximum atomic E-state index is 6.59. The molecule has 34 heavy (non-hydrogen) atoms. The quantitative estimate of drug-likeness (QED) is 0.220. The van der Waals surface area contributed by atoms with Crippen molar-refractivity contribution in [3.8, 4) is 22.9 Å². The maximum Gasteiger partial charge on any atom is 0.214 e. The number of H-pyrrole nitrogens is 1. The molecule has 3 aromatic carbocycles. The molecule has 0 atom stereocenters. The Hall–Kier alpha value is -2.71. The van der Waals surface area contributed by atoms with Crippen molar-refractivity contribution in [3.05, 3.63) is 91.6 Å². The first kappa shape index (κ1) is 24.4. The minimum atomic E-state index is 0.220. The third-order valence-corrected chi connectivity index (χ3v) is 6.04. The van der Waals surface area contributed by atoms with Gasteiger partial charge in [0.15, 0.2) is 17.3 Å². The minimum Gasteiger partial charge on any atom is -0.490 e. The highest BCUT2D eigenvalue weighted by Crippen LogP contribution is 2.38. The van der Waals surface area contributed by atoms with Crippen molar-refractivity contribution < 1.29 is 9.47 Å². The molecule has 1 aromatic heterocycles. The first-order valence-corrected chi connectivity index (χ1v) is 12.0. The van der Waals surface area contributed by atoms with Gasteiger partial charge < -0.3 is 14.9 Å². The summed E-state index contributed by atoms with van der Waals surface area (Å²) in [6.45, 7) is 3.00. The Labute approximate surface area is 217 Å². The molecular formula is C24H21Cl3N4O2S. The predicted octanol–water partition coefficient (Wildman–Crippen LogP) is 7.29. The minimum absolute atomic E-state index is 0.220. The average molecular weight is 536 g/mol. The Morgan fingerprint density at radius 1 is 1.00 bits per heavy atom. The first-order chi connectivity index (χ1) is 16.5. The van der Waals surface area contributed by atoms with Crippen molar-refractivity contribution >= 4 is 47.0 Å². The molecule has 4 aromatic rings. The lowest BCUT2D eigenvalue weighted by Crippen LogP contribution is -2.16. The van der Waals surface area contributed by atoms with Gasteiger partial charge in [-0.3, -0.25) is 0 Å². The summed E-state index contributed by atoms with van der Waals surface area (Å²) in [5, 5.41) is 8.67. The predicted molar refractivity (Wildman–Crippen MR) is 139 cm³/mol. The molecule has 10 heteroatoms. The van der Waals surface area contributed by atoms with E-state index in [1.165, 1.54) is 0 Å². The van der Waals surface area contributed by atoms with Gasteiger partial charge in [-0.25, -0.2) is 9.77 Å². The van der Waals surface area contributed by atoms with E-state index in [1.807, 2.05) is 55.5 Å². The third kappa shape index (κ3) is 5.67. The van der Waals surface area contributed by atoms with Crippen molar-refractivity contribution in [2.45, 2.75) is 20.1 Å². The molecule has 0 saturated carbocycles. The van der Waals surface area contributed by atoms with Gasteiger partial charge in [0.1, 0.15) is 6.61 Å². The van der Waals surface area contributed by atoms with Gasteiger partial charge in [-0.15, -0.1) is 0 Å². The van der Waals surface area contributed by atoms with Crippen LogP contribution in [-0.4, -0.2) is 21.5 Å². The fourth-order valence-electron chi connectivity index (χ4n) is 3.31. The topological polar surface area (TPSA) is 64.1 Å². The van der Waals surface area contributed by atoms with E-state index in [9.17, 15) is 0 Å². The maximum absolute atomic E-state index is 6.59. The molecule has 0 aliphatic carbocycles. The second-order valence-corrected chi connectivity index (χ2v) is 8.89. The van der Waals surface area contributed by atoms with Crippen molar-refractivity contribution in [1.29, 1.82) is 0 Å². The van der Waals surface area contributed by atoms with Gasteiger partial charge >= 0.3 is 0 Å². The lowest BCUT2D eigenvalue weighted by atomic mass is 10.2.